The lowest BCUT2D eigenvalue weighted by Crippen LogP contribution is -2.00. The van der Waals surface area contributed by atoms with Crippen LogP contribution in [0.3, 0.4) is 0 Å². The van der Waals surface area contributed by atoms with Gasteiger partial charge in [-0.1, -0.05) is 0 Å². The number of thiophene rings is 1. The predicted octanol–water partition coefficient (Wildman–Crippen LogP) is 4.39. The Kier molecular flexibility index (Phi) is 4.63. The molecule has 0 aliphatic heterocycles. The highest BCUT2D eigenvalue weighted by atomic mass is 127. The molecule has 0 aliphatic rings. The van der Waals surface area contributed by atoms with Crippen LogP contribution in [0, 0.1) is 3.57 Å². The summed E-state index contributed by atoms with van der Waals surface area (Å²) in [4.78, 5) is 12.0. The number of carboxylic acid groups (broad SMARTS) is 1. The highest BCUT2D eigenvalue weighted by molar-refractivity contribution is 14.1. The summed E-state index contributed by atoms with van der Waals surface area (Å²) in [6.45, 7) is 0.440. The van der Waals surface area contributed by atoms with Crippen molar-refractivity contribution in [2.45, 2.75) is 6.61 Å². The summed E-state index contributed by atoms with van der Waals surface area (Å²) in [6, 6.07) is 8.79. The van der Waals surface area contributed by atoms with Gasteiger partial charge in [-0.3, -0.25) is 0 Å². The number of hydrogen-bond acceptors (Lipinski definition) is 3. The fourth-order valence-electron chi connectivity index (χ4n) is 1.33. The van der Waals surface area contributed by atoms with Crippen LogP contribution in [0.15, 0.2) is 34.1 Å². The maximum atomic E-state index is 10.9. The second-order valence-corrected chi connectivity index (χ2v) is 7.15. The van der Waals surface area contributed by atoms with Crippen LogP contribution >= 0.6 is 49.9 Å². The third-order valence-electron chi connectivity index (χ3n) is 2.18. The quantitative estimate of drug-likeness (QED) is 0.720. The molecule has 0 saturated carbocycles. The number of benzene rings is 1. The molecule has 1 aromatic heterocycles. The summed E-state index contributed by atoms with van der Waals surface area (Å²) in [5.41, 5.74) is 0.234. The van der Waals surface area contributed by atoms with Crippen LogP contribution in [0.2, 0.25) is 0 Å². The molecule has 2 rings (SSSR count). The first kappa shape index (κ1) is 13.8. The number of aromatic carboxylic acids is 1. The zero-order valence-electron chi connectivity index (χ0n) is 9.02. The Balaban J connectivity index is 2.13. The van der Waals surface area contributed by atoms with Gasteiger partial charge in [-0.2, -0.15) is 0 Å². The minimum absolute atomic E-state index is 0.234. The van der Waals surface area contributed by atoms with Gasteiger partial charge >= 0.3 is 5.97 Å². The molecule has 0 saturated heterocycles. The van der Waals surface area contributed by atoms with E-state index >= 15 is 0 Å². The van der Waals surface area contributed by atoms with Crippen molar-refractivity contribution in [1.82, 2.24) is 0 Å². The number of carboxylic acids is 1. The molecule has 0 radical (unpaired) electrons. The van der Waals surface area contributed by atoms with Crippen LogP contribution in [0.4, 0.5) is 0 Å². The van der Waals surface area contributed by atoms with Crippen LogP contribution in [-0.4, -0.2) is 11.1 Å². The molecule has 0 amide bonds. The number of halogens is 2. The molecule has 1 aromatic carbocycles. The highest BCUT2D eigenvalue weighted by Gasteiger charge is 2.08. The molecule has 0 fully saturated rings. The van der Waals surface area contributed by atoms with E-state index in [2.05, 4.69) is 38.5 Å². The second kappa shape index (κ2) is 6.03. The summed E-state index contributed by atoms with van der Waals surface area (Å²) in [5, 5.41) is 8.93. The van der Waals surface area contributed by atoms with Crippen molar-refractivity contribution in [3.05, 3.63) is 48.1 Å². The molecule has 1 N–H and O–H groups in total. The van der Waals surface area contributed by atoms with Crippen molar-refractivity contribution in [2.24, 2.45) is 0 Å². The molecule has 94 valence electrons. The topological polar surface area (TPSA) is 46.5 Å². The van der Waals surface area contributed by atoms with E-state index in [9.17, 15) is 4.79 Å². The normalized spacial score (nSPS) is 10.3. The van der Waals surface area contributed by atoms with Crippen molar-refractivity contribution in [1.29, 1.82) is 0 Å². The third-order valence-corrected chi connectivity index (χ3v) is 4.67. The van der Waals surface area contributed by atoms with Crippen LogP contribution in [0.5, 0.6) is 5.75 Å². The smallest absolute Gasteiger partial charge is 0.335 e. The highest BCUT2D eigenvalue weighted by Crippen LogP contribution is 2.26. The molecule has 0 unspecified atom stereocenters. The lowest BCUT2D eigenvalue weighted by molar-refractivity contribution is 0.0696. The van der Waals surface area contributed by atoms with E-state index in [1.807, 2.05) is 12.1 Å². The van der Waals surface area contributed by atoms with E-state index in [0.29, 0.717) is 12.4 Å². The fraction of sp³-hybridized carbons (Fsp3) is 0.0833. The van der Waals surface area contributed by atoms with Crippen molar-refractivity contribution in [3.8, 4) is 5.75 Å². The number of hydrogen-bond donors (Lipinski definition) is 1. The van der Waals surface area contributed by atoms with Gasteiger partial charge in [-0.25, -0.2) is 4.79 Å². The maximum Gasteiger partial charge on any atom is 0.335 e. The van der Waals surface area contributed by atoms with Crippen molar-refractivity contribution < 1.29 is 14.6 Å². The Labute approximate surface area is 130 Å². The molecule has 0 spiro atoms. The van der Waals surface area contributed by atoms with Gasteiger partial charge in [-0.15, -0.1) is 11.3 Å². The minimum atomic E-state index is -0.949. The average Bonchev–Trinajstić information content (AvgIpc) is 2.74. The first-order valence-corrected chi connectivity index (χ1v) is 7.65. The summed E-state index contributed by atoms with van der Waals surface area (Å²) < 4.78 is 7.59. The standard InChI is InChI=1S/C12H8BrIO3S/c13-11-4-2-8(18-11)6-17-10-5-7(12(15)16)1-3-9(10)14/h1-5H,6H2,(H,15,16). The van der Waals surface area contributed by atoms with Gasteiger partial charge in [0.25, 0.3) is 0 Å². The SMILES string of the molecule is O=C(O)c1ccc(I)c(OCc2ccc(Br)s2)c1. The van der Waals surface area contributed by atoms with E-state index in [1.54, 1.807) is 29.5 Å². The van der Waals surface area contributed by atoms with Gasteiger partial charge in [0.1, 0.15) is 12.4 Å². The Hall–Kier alpha value is -0.600. The van der Waals surface area contributed by atoms with E-state index < -0.39 is 5.97 Å². The van der Waals surface area contributed by atoms with Gasteiger partial charge < -0.3 is 9.84 Å². The average molecular weight is 439 g/mol. The van der Waals surface area contributed by atoms with Gasteiger partial charge in [-0.05, 0) is 68.9 Å². The fourth-order valence-corrected chi connectivity index (χ4v) is 3.21. The van der Waals surface area contributed by atoms with Crippen molar-refractivity contribution in [2.75, 3.05) is 0 Å². The van der Waals surface area contributed by atoms with Gasteiger partial charge in [0.15, 0.2) is 0 Å². The van der Waals surface area contributed by atoms with Crippen molar-refractivity contribution in [3.63, 3.8) is 0 Å². The Morgan fingerprint density at radius 1 is 1.39 bits per heavy atom. The Morgan fingerprint density at radius 2 is 2.17 bits per heavy atom. The molecular weight excluding hydrogens is 431 g/mol. The van der Waals surface area contributed by atoms with Crippen LogP contribution in [0.25, 0.3) is 0 Å². The van der Waals surface area contributed by atoms with Crippen LogP contribution in [0.1, 0.15) is 15.2 Å². The van der Waals surface area contributed by atoms with Gasteiger partial charge in [0, 0.05) is 4.88 Å². The second-order valence-electron chi connectivity index (χ2n) is 3.44. The van der Waals surface area contributed by atoms with Gasteiger partial charge in [0.2, 0.25) is 0 Å². The molecule has 6 heteroatoms. The zero-order valence-corrected chi connectivity index (χ0v) is 13.6. The molecule has 3 nitrogen and oxygen atoms in total. The molecule has 1 heterocycles. The molecule has 2 aromatic rings. The number of ether oxygens (including phenoxy) is 1. The molecule has 0 aliphatic carbocycles. The molecule has 0 atom stereocenters. The first-order valence-electron chi connectivity index (χ1n) is 4.96. The summed E-state index contributed by atoms with van der Waals surface area (Å²) in [7, 11) is 0. The first-order chi connectivity index (χ1) is 8.56. The summed E-state index contributed by atoms with van der Waals surface area (Å²) in [5.74, 6) is -0.352. The maximum absolute atomic E-state index is 10.9. The van der Waals surface area contributed by atoms with Crippen LogP contribution < -0.4 is 4.74 Å². The number of carbonyl (C=O) groups is 1. The Morgan fingerprint density at radius 3 is 2.78 bits per heavy atom. The predicted molar refractivity (Wildman–Crippen MR) is 82.5 cm³/mol. The largest absolute Gasteiger partial charge is 0.487 e. The number of rotatable bonds is 4. The molecule has 18 heavy (non-hydrogen) atoms. The van der Waals surface area contributed by atoms with E-state index in [1.165, 1.54) is 0 Å². The van der Waals surface area contributed by atoms with E-state index in [-0.39, 0.29) is 5.56 Å². The summed E-state index contributed by atoms with van der Waals surface area (Å²) in [6.07, 6.45) is 0. The van der Waals surface area contributed by atoms with Crippen molar-refractivity contribution >= 4 is 55.8 Å². The minimum Gasteiger partial charge on any atom is -0.487 e. The Bertz CT molecular complexity index is 582. The van der Waals surface area contributed by atoms with E-state index in [4.69, 9.17) is 9.84 Å². The lowest BCUT2D eigenvalue weighted by Gasteiger charge is -2.07. The van der Waals surface area contributed by atoms with Crippen LogP contribution in [-0.2, 0) is 6.61 Å². The summed E-state index contributed by atoms with van der Waals surface area (Å²) >= 11 is 7.11. The lowest BCUT2D eigenvalue weighted by atomic mass is 10.2. The van der Waals surface area contributed by atoms with E-state index in [0.717, 1.165) is 12.2 Å². The monoisotopic (exact) mass is 438 g/mol. The molecule has 0 bridgehead atoms. The zero-order chi connectivity index (χ0) is 13.1. The van der Waals surface area contributed by atoms with Gasteiger partial charge in [0.05, 0.1) is 12.9 Å². The third kappa shape index (κ3) is 3.46. The molecular formula is C12H8BrIO3S.